The summed E-state index contributed by atoms with van der Waals surface area (Å²) in [7, 11) is 1.47. The number of rotatable bonds is 11. The van der Waals surface area contributed by atoms with Crippen molar-refractivity contribution in [3.8, 4) is 5.75 Å². The Kier molecular flexibility index (Phi) is 13.1. The summed E-state index contributed by atoms with van der Waals surface area (Å²) in [6.45, 7) is 8.13. The molecule has 334 valence electrons. The Hall–Kier alpha value is -3.19. The summed E-state index contributed by atoms with van der Waals surface area (Å²) in [5, 5.41) is 56.7. The number of fused-ring (bicyclic) bond motifs is 5. The minimum absolute atomic E-state index is 0.105. The van der Waals surface area contributed by atoms with Crippen molar-refractivity contribution < 1.29 is 77.8 Å². The first-order valence-electron chi connectivity index (χ1n) is 21.3. The largest absolute Gasteiger partial charge is 0.497 e. The van der Waals surface area contributed by atoms with Crippen LogP contribution in [0.25, 0.3) is 0 Å². The Bertz CT molecular complexity index is 1750. The molecule has 5 N–H and O–H groups in total. The molecule has 0 bridgehead atoms. The molecule has 1 aromatic rings. The lowest BCUT2D eigenvalue weighted by molar-refractivity contribution is -0.345. The molecule has 0 spiro atoms. The molecule has 6 aliphatic rings. The van der Waals surface area contributed by atoms with Crippen molar-refractivity contribution in [2.24, 2.45) is 34.5 Å². The highest BCUT2D eigenvalue weighted by Crippen LogP contribution is 2.69. The van der Waals surface area contributed by atoms with Crippen molar-refractivity contribution in [3.05, 3.63) is 41.5 Å². The Morgan fingerprint density at radius 1 is 0.883 bits per heavy atom. The summed E-state index contributed by atoms with van der Waals surface area (Å²) >= 11 is 0. The Balaban J connectivity index is 1.18. The van der Waals surface area contributed by atoms with Gasteiger partial charge in [0.25, 0.3) is 0 Å². The van der Waals surface area contributed by atoms with Gasteiger partial charge in [0.2, 0.25) is 0 Å². The number of aliphatic hydroxyl groups excluding tert-OH is 4. The number of carbonyl (C=O) groups is 3. The molecule has 2 aliphatic heterocycles. The molecule has 0 radical (unpaired) electrons. The van der Waals surface area contributed by atoms with E-state index in [4.69, 9.17) is 37.9 Å². The van der Waals surface area contributed by atoms with Gasteiger partial charge in [-0.15, -0.1) is 0 Å². The predicted octanol–water partition coefficient (Wildman–Crippen LogP) is 2.58. The van der Waals surface area contributed by atoms with Crippen LogP contribution in [-0.4, -0.2) is 137 Å². The maximum absolute atomic E-state index is 13.6. The minimum atomic E-state index is -1.79. The highest BCUT2D eigenvalue weighted by Gasteiger charge is 2.71. The number of hydrogen-bond donors (Lipinski definition) is 5. The van der Waals surface area contributed by atoms with Crippen LogP contribution in [0.3, 0.4) is 0 Å². The van der Waals surface area contributed by atoms with E-state index in [0.29, 0.717) is 25.0 Å². The van der Waals surface area contributed by atoms with Crippen LogP contribution < -0.4 is 4.74 Å². The van der Waals surface area contributed by atoms with Crippen LogP contribution in [0.15, 0.2) is 35.9 Å². The smallest absolute Gasteiger partial charge is 0.338 e. The van der Waals surface area contributed by atoms with Gasteiger partial charge in [0.1, 0.15) is 35.8 Å². The van der Waals surface area contributed by atoms with Crippen LogP contribution in [0.4, 0.5) is 0 Å². The number of benzene rings is 1. The van der Waals surface area contributed by atoms with Crippen LogP contribution >= 0.6 is 0 Å². The van der Waals surface area contributed by atoms with E-state index < -0.39 is 96.8 Å². The van der Waals surface area contributed by atoms with Crippen molar-refractivity contribution in [2.75, 3.05) is 26.9 Å². The standard InChI is InChI=1S/C44H62O16/c1-7-54-38(50)22(2)44(52)33(19-30-28-13-10-25-18-26(46)14-16-42(25,4)29(28)15-17-43(30,44)5)58-41-37(57-23(3)45)35(32(48)21-56-41)60-40-36(34(49)31(47)20-55-40)59-39(51)24-8-11-27(53-6)12-9-24/h8-12,22,26,28-37,40-41,46-49,52H,7,13-21H2,1-6H3/t22-,26-,28+,29-,30-,31+,32-,33-,34-,35-,36+,37+,40-,41-,42-,43-,44+/m0/s1. The molecule has 7 rings (SSSR count). The maximum atomic E-state index is 13.6. The topological polar surface area (TPSA) is 226 Å². The fourth-order valence-electron chi connectivity index (χ4n) is 11.7. The van der Waals surface area contributed by atoms with E-state index in [1.54, 1.807) is 26.0 Å². The van der Waals surface area contributed by atoms with E-state index in [9.17, 15) is 39.9 Å². The maximum Gasteiger partial charge on any atom is 0.338 e. The average Bonchev–Trinajstić information content (AvgIpc) is 3.45. The molecular weight excluding hydrogens is 784 g/mol. The fourth-order valence-corrected chi connectivity index (χ4v) is 11.7. The lowest BCUT2D eigenvalue weighted by Gasteiger charge is -2.59. The zero-order chi connectivity index (χ0) is 43.3. The average molecular weight is 847 g/mol. The van der Waals surface area contributed by atoms with Gasteiger partial charge in [-0.05, 0) is 106 Å². The van der Waals surface area contributed by atoms with Crippen molar-refractivity contribution in [3.63, 3.8) is 0 Å². The van der Waals surface area contributed by atoms with Crippen LogP contribution in [0, 0.1) is 34.5 Å². The van der Waals surface area contributed by atoms with Gasteiger partial charge in [-0.1, -0.05) is 25.5 Å². The molecule has 0 aromatic heterocycles. The monoisotopic (exact) mass is 846 g/mol. The zero-order valence-electron chi connectivity index (χ0n) is 35.3. The summed E-state index contributed by atoms with van der Waals surface area (Å²) < 4.78 is 46.8. The van der Waals surface area contributed by atoms with Crippen LogP contribution in [0.5, 0.6) is 5.75 Å². The highest BCUT2D eigenvalue weighted by atomic mass is 16.8. The lowest BCUT2D eigenvalue weighted by Crippen LogP contribution is -2.64. The lowest BCUT2D eigenvalue weighted by atomic mass is 9.46. The first kappa shape index (κ1) is 44.9. The molecule has 16 heteroatoms. The molecule has 0 unspecified atom stereocenters. The summed E-state index contributed by atoms with van der Waals surface area (Å²) in [6, 6.07) is 6.01. The van der Waals surface area contributed by atoms with Crippen LogP contribution in [-0.2, 0) is 42.7 Å². The van der Waals surface area contributed by atoms with E-state index in [1.807, 2.05) is 6.92 Å². The van der Waals surface area contributed by atoms with E-state index in [2.05, 4.69) is 13.0 Å². The van der Waals surface area contributed by atoms with Crippen molar-refractivity contribution in [1.29, 1.82) is 0 Å². The van der Waals surface area contributed by atoms with E-state index >= 15 is 0 Å². The Morgan fingerprint density at radius 2 is 1.57 bits per heavy atom. The summed E-state index contributed by atoms with van der Waals surface area (Å²) in [6.07, 6.45) is -6.55. The van der Waals surface area contributed by atoms with Gasteiger partial charge in [-0.25, -0.2) is 4.79 Å². The number of ether oxygens (including phenoxy) is 8. The SMILES string of the molecule is CCOC(=O)[C@H](C)[C@@]1(O)[C@@H](O[C@@H]2OC[C@H](O)[C@H](O[C@@H]3OC[C@@H](O)[C@H](O)[C@H]3OC(=O)c3ccc(OC)cc3)[C@H]2OC(C)=O)C[C@H]2[C@@H]3CC=C4C[C@@H](O)CC[C@]4(C)[C@H]3CC[C@@]21C. The van der Waals surface area contributed by atoms with Crippen molar-refractivity contribution in [2.45, 2.75) is 147 Å². The minimum Gasteiger partial charge on any atom is -0.497 e. The molecule has 2 saturated heterocycles. The molecule has 3 saturated carbocycles. The molecule has 17 atom stereocenters. The Labute approximate surface area is 350 Å². The molecule has 60 heavy (non-hydrogen) atoms. The molecule has 5 fully saturated rings. The van der Waals surface area contributed by atoms with Crippen molar-refractivity contribution >= 4 is 17.9 Å². The summed E-state index contributed by atoms with van der Waals surface area (Å²) in [5.74, 6) is -2.46. The number of carbonyl (C=O) groups excluding carboxylic acids is 3. The molecule has 0 amide bonds. The number of esters is 3. The normalized spacial score (nSPS) is 43.0. The van der Waals surface area contributed by atoms with Crippen LogP contribution in [0.2, 0.25) is 0 Å². The molecule has 4 aliphatic carbocycles. The number of hydrogen-bond acceptors (Lipinski definition) is 16. The van der Waals surface area contributed by atoms with Gasteiger partial charge in [0.15, 0.2) is 24.8 Å². The molecular formula is C44H62O16. The van der Waals surface area contributed by atoms with E-state index in [0.717, 1.165) is 32.6 Å². The summed E-state index contributed by atoms with van der Waals surface area (Å²) in [4.78, 5) is 39.6. The van der Waals surface area contributed by atoms with Gasteiger partial charge in [-0.2, -0.15) is 0 Å². The Morgan fingerprint density at radius 3 is 2.23 bits per heavy atom. The molecule has 16 nitrogen and oxygen atoms in total. The predicted molar refractivity (Wildman–Crippen MR) is 209 cm³/mol. The van der Waals surface area contributed by atoms with Gasteiger partial charge in [-0.3, -0.25) is 9.59 Å². The quantitative estimate of drug-likeness (QED) is 0.123. The van der Waals surface area contributed by atoms with Crippen LogP contribution in [0.1, 0.15) is 89.9 Å². The molecule has 2 heterocycles. The van der Waals surface area contributed by atoms with Gasteiger partial charge < -0.3 is 63.4 Å². The number of allylic oxidation sites excluding steroid dienone is 1. The zero-order valence-corrected chi connectivity index (χ0v) is 35.3. The van der Waals surface area contributed by atoms with Gasteiger partial charge in [0.05, 0.1) is 50.6 Å². The highest BCUT2D eigenvalue weighted by molar-refractivity contribution is 5.89. The first-order chi connectivity index (χ1) is 28.5. The second kappa shape index (κ2) is 17.5. The van der Waals surface area contributed by atoms with Gasteiger partial charge >= 0.3 is 17.9 Å². The second-order valence-electron chi connectivity index (χ2n) is 18.1. The van der Waals surface area contributed by atoms with E-state index in [1.165, 1.54) is 24.8 Å². The van der Waals surface area contributed by atoms with Crippen molar-refractivity contribution in [1.82, 2.24) is 0 Å². The fraction of sp³-hybridized carbons (Fsp3) is 0.750. The van der Waals surface area contributed by atoms with Gasteiger partial charge in [0, 0.05) is 12.3 Å². The second-order valence-corrected chi connectivity index (χ2v) is 18.1. The molecule has 1 aromatic carbocycles. The summed E-state index contributed by atoms with van der Waals surface area (Å²) in [5.41, 5.74) is -1.31. The third kappa shape index (κ3) is 7.89. The number of aliphatic hydroxyl groups is 5. The third-order valence-corrected chi connectivity index (χ3v) is 14.9. The number of methoxy groups -OCH3 is 1. The van der Waals surface area contributed by atoms with E-state index in [-0.39, 0.29) is 48.0 Å². The third-order valence-electron chi connectivity index (χ3n) is 14.9. The first-order valence-corrected chi connectivity index (χ1v) is 21.3.